The maximum absolute atomic E-state index is 9.36. The molecule has 0 saturated heterocycles. The smallest absolute Gasteiger partial charge is 0.0998 e. The Hall–Kier alpha value is -2.05. The number of rotatable bonds is 3. The van der Waals surface area contributed by atoms with E-state index in [0.29, 0.717) is 5.57 Å². The van der Waals surface area contributed by atoms with Crippen LogP contribution in [0, 0.1) is 11.3 Å². The van der Waals surface area contributed by atoms with Gasteiger partial charge in [0.15, 0.2) is 0 Å². The molecule has 0 saturated carbocycles. The average Bonchev–Trinajstić information content (AvgIpc) is 2.46. The first-order valence-corrected chi connectivity index (χ1v) is 7.05. The van der Waals surface area contributed by atoms with Crippen molar-refractivity contribution < 1.29 is 0 Å². The molecule has 0 atom stereocenters. The summed E-state index contributed by atoms with van der Waals surface area (Å²) in [6, 6.07) is 18.1. The zero-order chi connectivity index (χ0) is 14.5. The minimum absolute atomic E-state index is 0.648. The molecule has 0 aromatic heterocycles. The van der Waals surface area contributed by atoms with Gasteiger partial charge in [0.2, 0.25) is 0 Å². The van der Waals surface area contributed by atoms with Crippen LogP contribution in [0.3, 0.4) is 0 Å². The molecule has 0 aliphatic rings. The van der Waals surface area contributed by atoms with Crippen LogP contribution in [-0.4, -0.2) is 14.1 Å². The maximum Gasteiger partial charge on any atom is 0.0998 e. The molecule has 0 unspecified atom stereocenters. The van der Waals surface area contributed by atoms with E-state index in [9.17, 15) is 5.26 Å². The van der Waals surface area contributed by atoms with Gasteiger partial charge >= 0.3 is 0 Å². The second kappa shape index (κ2) is 6.40. The van der Waals surface area contributed by atoms with Crippen LogP contribution in [0.25, 0.3) is 11.6 Å². The number of hydrogen-bond donors (Lipinski definition) is 0. The van der Waals surface area contributed by atoms with Gasteiger partial charge in [-0.25, -0.2) is 0 Å². The van der Waals surface area contributed by atoms with Gasteiger partial charge in [-0.05, 0) is 29.8 Å². The van der Waals surface area contributed by atoms with Crippen LogP contribution >= 0.6 is 15.9 Å². The molecule has 2 aromatic carbocycles. The van der Waals surface area contributed by atoms with Crippen molar-refractivity contribution in [3.63, 3.8) is 0 Å². The first-order chi connectivity index (χ1) is 9.61. The standard InChI is InChI=1S/C17H15BrN2/c1-20(2)15-9-7-13(8-10-15)11-14(12-19)16-5-3-4-6-17(16)18/h3-11H,1-2H3/b14-11-. The summed E-state index contributed by atoms with van der Waals surface area (Å²) in [7, 11) is 4.01. The molecule has 100 valence electrons. The highest BCUT2D eigenvalue weighted by atomic mass is 79.9. The van der Waals surface area contributed by atoms with Crippen molar-refractivity contribution in [2.45, 2.75) is 0 Å². The minimum Gasteiger partial charge on any atom is -0.378 e. The van der Waals surface area contributed by atoms with Gasteiger partial charge in [0.1, 0.15) is 0 Å². The highest BCUT2D eigenvalue weighted by Gasteiger charge is 2.05. The van der Waals surface area contributed by atoms with Gasteiger partial charge in [-0.3, -0.25) is 0 Å². The molecule has 0 fully saturated rings. The van der Waals surface area contributed by atoms with Crippen LogP contribution in [0.4, 0.5) is 5.69 Å². The molecule has 2 aromatic rings. The number of halogens is 1. The lowest BCUT2D eigenvalue weighted by Crippen LogP contribution is -2.07. The second-order valence-corrected chi connectivity index (χ2v) is 5.49. The van der Waals surface area contributed by atoms with Crippen LogP contribution in [-0.2, 0) is 0 Å². The molecular formula is C17H15BrN2. The van der Waals surface area contributed by atoms with E-state index in [0.717, 1.165) is 21.3 Å². The van der Waals surface area contributed by atoms with Gasteiger partial charge < -0.3 is 4.90 Å². The summed E-state index contributed by atoms with van der Waals surface area (Å²) in [5.41, 5.74) is 3.71. The summed E-state index contributed by atoms with van der Waals surface area (Å²) in [5, 5.41) is 9.36. The van der Waals surface area contributed by atoms with E-state index in [1.807, 2.05) is 73.6 Å². The van der Waals surface area contributed by atoms with Crippen molar-refractivity contribution >= 4 is 33.3 Å². The molecule has 0 aliphatic carbocycles. The van der Waals surface area contributed by atoms with Crippen molar-refractivity contribution in [1.29, 1.82) is 5.26 Å². The minimum atomic E-state index is 0.648. The molecule has 0 radical (unpaired) electrons. The summed E-state index contributed by atoms with van der Waals surface area (Å²) in [6.07, 6.45) is 1.90. The van der Waals surface area contributed by atoms with Crippen LogP contribution < -0.4 is 4.90 Å². The van der Waals surface area contributed by atoms with E-state index in [4.69, 9.17) is 0 Å². The number of anilines is 1. The SMILES string of the molecule is CN(C)c1ccc(/C=C(/C#N)c2ccccc2Br)cc1. The highest BCUT2D eigenvalue weighted by Crippen LogP contribution is 2.26. The molecule has 0 N–H and O–H groups in total. The zero-order valence-electron chi connectivity index (χ0n) is 11.5. The third-order valence-electron chi connectivity index (χ3n) is 3.00. The van der Waals surface area contributed by atoms with Crippen LogP contribution in [0.15, 0.2) is 53.0 Å². The number of nitrogens with zero attached hydrogens (tertiary/aromatic N) is 2. The molecule has 0 aliphatic heterocycles. The fourth-order valence-electron chi connectivity index (χ4n) is 1.89. The van der Waals surface area contributed by atoms with E-state index in [1.165, 1.54) is 0 Å². The third-order valence-corrected chi connectivity index (χ3v) is 3.70. The number of nitriles is 1. The van der Waals surface area contributed by atoms with Crippen molar-refractivity contribution in [2.75, 3.05) is 19.0 Å². The Kier molecular flexibility index (Phi) is 4.60. The topological polar surface area (TPSA) is 27.0 Å². The lowest BCUT2D eigenvalue weighted by Gasteiger charge is -2.12. The Bertz CT molecular complexity index is 664. The summed E-state index contributed by atoms with van der Waals surface area (Å²) >= 11 is 3.48. The van der Waals surface area contributed by atoms with Gasteiger partial charge in [0, 0.05) is 29.8 Å². The largest absolute Gasteiger partial charge is 0.378 e. The second-order valence-electron chi connectivity index (χ2n) is 4.64. The molecule has 2 nitrogen and oxygen atoms in total. The van der Waals surface area contributed by atoms with Gasteiger partial charge in [0.25, 0.3) is 0 Å². The number of benzene rings is 2. The average molecular weight is 327 g/mol. The van der Waals surface area contributed by atoms with E-state index in [2.05, 4.69) is 22.0 Å². The first kappa shape index (κ1) is 14.4. The Labute approximate surface area is 128 Å². The van der Waals surface area contributed by atoms with E-state index in [-0.39, 0.29) is 0 Å². The number of hydrogen-bond acceptors (Lipinski definition) is 2. The fourth-order valence-corrected chi connectivity index (χ4v) is 2.38. The predicted molar refractivity (Wildman–Crippen MR) is 88.4 cm³/mol. The summed E-state index contributed by atoms with van der Waals surface area (Å²) in [6.45, 7) is 0. The maximum atomic E-state index is 9.36. The van der Waals surface area contributed by atoms with E-state index < -0.39 is 0 Å². The number of allylic oxidation sites excluding steroid dienone is 1. The first-order valence-electron chi connectivity index (χ1n) is 6.26. The highest BCUT2D eigenvalue weighted by molar-refractivity contribution is 9.10. The van der Waals surface area contributed by atoms with Crippen molar-refractivity contribution in [1.82, 2.24) is 0 Å². The third kappa shape index (κ3) is 3.28. The Balaban J connectivity index is 2.37. The summed E-state index contributed by atoms with van der Waals surface area (Å²) in [5.74, 6) is 0. The monoisotopic (exact) mass is 326 g/mol. The quantitative estimate of drug-likeness (QED) is 0.609. The molecule has 2 rings (SSSR count). The zero-order valence-corrected chi connectivity index (χ0v) is 13.1. The summed E-state index contributed by atoms with van der Waals surface area (Å²) in [4.78, 5) is 2.05. The van der Waals surface area contributed by atoms with Gasteiger partial charge in [-0.1, -0.05) is 46.3 Å². The van der Waals surface area contributed by atoms with E-state index >= 15 is 0 Å². The molecule has 0 spiro atoms. The molecule has 20 heavy (non-hydrogen) atoms. The van der Waals surface area contributed by atoms with Crippen LogP contribution in [0.2, 0.25) is 0 Å². The Morgan fingerprint density at radius 3 is 2.30 bits per heavy atom. The van der Waals surface area contributed by atoms with E-state index in [1.54, 1.807) is 0 Å². The van der Waals surface area contributed by atoms with Crippen molar-refractivity contribution in [2.24, 2.45) is 0 Å². The van der Waals surface area contributed by atoms with Crippen molar-refractivity contribution in [3.8, 4) is 6.07 Å². The predicted octanol–water partition coefficient (Wildman–Crippen LogP) is 4.58. The Morgan fingerprint density at radius 1 is 1.10 bits per heavy atom. The van der Waals surface area contributed by atoms with Crippen LogP contribution in [0.5, 0.6) is 0 Å². The van der Waals surface area contributed by atoms with Crippen LogP contribution in [0.1, 0.15) is 11.1 Å². The van der Waals surface area contributed by atoms with Gasteiger partial charge in [-0.15, -0.1) is 0 Å². The fraction of sp³-hybridized carbons (Fsp3) is 0.118. The summed E-state index contributed by atoms with van der Waals surface area (Å²) < 4.78 is 0.928. The lowest BCUT2D eigenvalue weighted by molar-refractivity contribution is 1.13. The Morgan fingerprint density at radius 2 is 1.75 bits per heavy atom. The molecule has 3 heteroatoms. The van der Waals surface area contributed by atoms with Gasteiger partial charge in [0.05, 0.1) is 11.6 Å². The lowest BCUT2D eigenvalue weighted by atomic mass is 10.0. The van der Waals surface area contributed by atoms with Crippen molar-refractivity contribution in [3.05, 3.63) is 64.1 Å². The normalized spacial score (nSPS) is 11.0. The molecule has 0 bridgehead atoms. The molecule has 0 amide bonds. The molecule has 0 heterocycles. The van der Waals surface area contributed by atoms with Gasteiger partial charge in [-0.2, -0.15) is 5.26 Å². The molecular weight excluding hydrogens is 312 g/mol.